The van der Waals surface area contributed by atoms with E-state index in [1.54, 1.807) is 12.1 Å². The number of ether oxygens (including phenoxy) is 4. The number of nitrogens with zero attached hydrogens (tertiary/aromatic N) is 1. The fourth-order valence-electron chi connectivity index (χ4n) is 4.04. The van der Waals surface area contributed by atoms with E-state index in [4.69, 9.17) is 30.5 Å². The number of alkyl halides is 2. The molecule has 3 aromatic rings. The number of methoxy groups -OCH3 is 2. The molecule has 0 spiro atoms. The molecule has 1 amide bonds. The third kappa shape index (κ3) is 8.77. The monoisotopic (exact) mass is 606 g/mol. The maximum absolute atomic E-state index is 13.5. The van der Waals surface area contributed by atoms with E-state index in [1.165, 1.54) is 61.4 Å². The molecule has 0 saturated carbocycles. The van der Waals surface area contributed by atoms with Gasteiger partial charge >= 0.3 is 5.97 Å². The van der Waals surface area contributed by atoms with E-state index >= 15 is 0 Å². The summed E-state index contributed by atoms with van der Waals surface area (Å²) in [5.74, 6) is -0.778. The quantitative estimate of drug-likeness (QED) is 0.252. The van der Waals surface area contributed by atoms with Crippen LogP contribution in [0.15, 0.2) is 59.5 Å². The Labute approximate surface area is 247 Å². The summed E-state index contributed by atoms with van der Waals surface area (Å²) in [4.78, 5) is 38.8. The minimum absolute atomic E-state index is 0.0819. The Kier molecular flexibility index (Phi) is 11.1. The third-order valence-electron chi connectivity index (χ3n) is 6.00. The van der Waals surface area contributed by atoms with Gasteiger partial charge in [-0.2, -0.15) is 0 Å². The van der Waals surface area contributed by atoms with Crippen LogP contribution in [0.5, 0.6) is 11.5 Å². The van der Waals surface area contributed by atoms with Crippen molar-refractivity contribution >= 4 is 29.2 Å². The predicted octanol–water partition coefficient (Wildman–Crippen LogP) is 5.99. The normalized spacial score (nSPS) is 12.1. The molecule has 12 heteroatoms. The smallest absolute Gasteiger partial charge is 0.337 e. The molecule has 0 bridgehead atoms. The number of esters is 1. The molecule has 1 heterocycles. The van der Waals surface area contributed by atoms with Gasteiger partial charge in [-0.05, 0) is 63.2 Å². The van der Waals surface area contributed by atoms with Gasteiger partial charge < -0.3 is 24.3 Å². The number of hydrogen-bond donors (Lipinski definition) is 1. The van der Waals surface area contributed by atoms with Crippen molar-refractivity contribution in [3.8, 4) is 22.6 Å². The van der Waals surface area contributed by atoms with Crippen LogP contribution < -0.4 is 20.3 Å². The second kappa shape index (κ2) is 14.3. The van der Waals surface area contributed by atoms with Gasteiger partial charge in [-0.25, -0.2) is 13.6 Å². The molecule has 3 rings (SSSR count). The highest BCUT2D eigenvalue weighted by atomic mass is 35.5. The number of anilines is 1. The van der Waals surface area contributed by atoms with Gasteiger partial charge in [0.25, 0.3) is 12.0 Å². The minimum Gasteiger partial charge on any atom is -0.495 e. The number of aromatic nitrogens is 1. The highest BCUT2D eigenvalue weighted by Gasteiger charge is 2.26. The average Bonchev–Trinajstić information content (AvgIpc) is 2.94. The van der Waals surface area contributed by atoms with Crippen LogP contribution in [-0.4, -0.2) is 55.9 Å². The Hall–Kier alpha value is -3.96. The molecule has 0 aliphatic carbocycles. The lowest BCUT2D eigenvalue weighted by molar-refractivity contribution is -0.120. The number of rotatable bonds is 12. The van der Waals surface area contributed by atoms with Gasteiger partial charge in [0.2, 0.25) is 5.91 Å². The molecule has 0 fully saturated rings. The van der Waals surface area contributed by atoms with Crippen LogP contribution in [0.1, 0.15) is 43.6 Å². The van der Waals surface area contributed by atoms with E-state index in [9.17, 15) is 23.2 Å². The third-order valence-corrected chi connectivity index (χ3v) is 6.23. The first-order chi connectivity index (χ1) is 19.8. The minimum atomic E-state index is -2.71. The van der Waals surface area contributed by atoms with Gasteiger partial charge in [-0.15, -0.1) is 0 Å². The van der Waals surface area contributed by atoms with Gasteiger partial charge in [0.1, 0.15) is 24.1 Å². The molecule has 1 N–H and O–H groups in total. The van der Waals surface area contributed by atoms with Crippen molar-refractivity contribution in [1.29, 1.82) is 0 Å². The molecule has 0 aliphatic rings. The summed E-state index contributed by atoms with van der Waals surface area (Å²) in [5, 5.41) is 3.06. The number of nitrogens with one attached hydrogen (secondary N) is 1. The molecule has 1 atom stereocenters. The number of amides is 1. The van der Waals surface area contributed by atoms with Crippen molar-refractivity contribution in [2.24, 2.45) is 0 Å². The van der Waals surface area contributed by atoms with Crippen molar-refractivity contribution in [2.75, 3.05) is 32.8 Å². The van der Waals surface area contributed by atoms with Crippen LogP contribution in [-0.2, 0) is 14.3 Å². The van der Waals surface area contributed by atoms with E-state index in [0.29, 0.717) is 11.3 Å². The van der Waals surface area contributed by atoms with Crippen molar-refractivity contribution in [3.05, 3.63) is 75.7 Å². The Morgan fingerprint density at radius 3 is 2.26 bits per heavy atom. The van der Waals surface area contributed by atoms with Gasteiger partial charge in [-0.3, -0.25) is 14.2 Å². The molecule has 1 unspecified atom stereocenters. The fourth-order valence-corrected chi connectivity index (χ4v) is 4.22. The van der Waals surface area contributed by atoms with Gasteiger partial charge in [0.05, 0.1) is 31.6 Å². The fraction of sp³-hybridized carbons (Fsp3) is 0.367. The first-order valence-electron chi connectivity index (χ1n) is 13.0. The zero-order chi connectivity index (χ0) is 31.0. The van der Waals surface area contributed by atoms with Crippen molar-refractivity contribution in [2.45, 2.75) is 45.3 Å². The molecule has 0 radical (unpaired) electrons. The zero-order valence-corrected chi connectivity index (χ0v) is 24.7. The van der Waals surface area contributed by atoms with E-state index in [0.717, 1.165) is 0 Å². The summed E-state index contributed by atoms with van der Waals surface area (Å²) in [5.41, 5.74) is 0.160. The summed E-state index contributed by atoms with van der Waals surface area (Å²) >= 11 is 6.17. The van der Waals surface area contributed by atoms with E-state index in [1.807, 2.05) is 20.8 Å². The van der Waals surface area contributed by atoms with Crippen molar-refractivity contribution in [3.63, 3.8) is 0 Å². The second-order valence-electron chi connectivity index (χ2n) is 10.2. The number of carbonyl (C=O) groups excluding carboxylic acids is 2. The summed E-state index contributed by atoms with van der Waals surface area (Å²) in [7, 11) is 2.64. The molecule has 9 nitrogen and oxygen atoms in total. The lowest BCUT2D eigenvalue weighted by atomic mass is 10.0. The van der Waals surface area contributed by atoms with Crippen LogP contribution in [0.4, 0.5) is 14.5 Å². The number of halogens is 3. The Balaban J connectivity index is 2.02. The molecule has 0 aliphatic heterocycles. The van der Waals surface area contributed by atoms with Crippen molar-refractivity contribution in [1.82, 2.24) is 4.57 Å². The number of hydrogen-bond acceptors (Lipinski definition) is 7. The van der Waals surface area contributed by atoms with Crippen LogP contribution >= 0.6 is 11.6 Å². The highest BCUT2D eigenvalue weighted by Crippen LogP contribution is 2.38. The standard InChI is InChI=1S/C30H33ClF2N2O7/c1-30(2,3)42-13-12-23(28(37)34-20-9-6-18(7-10-20)29(38)40-5)35-16-25(39-4)22(15-27(35)36)21-14-19(31)8-11-24(21)41-17-26(32)33/h6-11,14-16,23,26H,12-13,17H2,1-5H3,(H,34,37). The summed E-state index contributed by atoms with van der Waals surface area (Å²) < 4.78 is 48.3. The Bertz CT molecular complexity index is 1450. The Morgan fingerprint density at radius 2 is 1.67 bits per heavy atom. The van der Waals surface area contributed by atoms with Gasteiger partial charge in [0.15, 0.2) is 0 Å². The predicted molar refractivity (Wildman–Crippen MR) is 155 cm³/mol. The summed E-state index contributed by atoms with van der Waals surface area (Å²) in [6, 6.07) is 10.7. The molecule has 2 aromatic carbocycles. The van der Waals surface area contributed by atoms with Crippen LogP contribution in [0.2, 0.25) is 5.02 Å². The van der Waals surface area contributed by atoms with Crippen LogP contribution in [0.25, 0.3) is 11.1 Å². The lowest BCUT2D eigenvalue weighted by Crippen LogP contribution is -2.34. The molecule has 1 aromatic heterocycles. The SMILES string of the molecule is COC(=O)c1ccc(NC(=O)C(CCOC(C)(C)C)n2cc(OC)c(-c3cc(Cl)ccc3OCC(F)F)cc2=O)cc1. The van der Waals surface area contributed by atoms with E-state index in [-0.39, 0.29) is 40.7 Å². The average molecular weight is 607 g/mol. The second-order valence-corrected chi connectivity index (χ2v) is 10.6. The maximum atomic E-state index is 13.5. The Morgan fingerprint density at radius 1 is 1.00 bits per heavy atom. The summed E-state index contributed by atoms with van der Waals surface area (Å²) in [6.45, 7) is 4.90. The van der Waals surface area contributed by atoms with E-state index < -0.39 is 42.1 Å². The van der Waals surface area contributed by atoms with Gasteiger partial charge in [0, 0.05) is 40.9 Å². The zero-order valence-electron chi connectivity index (χ0n) is 23.9. The molecular weight excluding hydrogens is 574 g/mol. The number of benzene rings is 2. The van der Waals surface area contributed by atoms with Gasteiger partial charge in [-0.1, -0.05) is 11.6 Å². The first kappa shape index (κ1) is 32.6. The van der Waals surface area contributed by atoms with Crippen LogP contribution in [0, 0.1) is 0 Å². The molecular formula is C30H33ClF2N2O7. The number of carbonyl (C=O) groups is 2. The number of pyridine rings is 1. The molecule has 42 heavy (non-hydrogen) atoms. The van der Waals surface area contributed by atoms with Crippen LogP contribution in [0.3, 0.4) is 0 Å². The topological polar surface area (TPSA) is 105 Å². The molecule has 0 saturated heterocycles. The summed E-state index contributed by atoms with van der Waals surface area (Å²) in [6.07, 6.45) is -1.21. The first-order valence-corrected chi connectivity index (χ1v) is 13.3. The highest BCUT2D eigenvalue weighted by molar-refractivity contribution is 6.31. The molecule has 226 valence electrons. The lowest BCUT2D eigenvalue weighted by Gasteiger charge is -2.24. The largest absolute Gasteiger partial charge is 0.495 e. The maximum Gasteiger partial charge on any atom is 0.337 e. The van der Waals surface area contributed by atoms with E-state index in [2.05, 4.69) is 5.32 Å². The van der Waals surface area contributed by atoms with Crippen molar-refractivity contribution < 1.29 is 37.3 Å².